The molecule has 1 unspecified atom stereocenters. The number of halogens is 1. The van der Waals surface area contributed by atoms with Crippen LogP contribution in [0.15, 0.2) is 22.7 Å². The van der Waals surface area contributed by atoms with Gasteiger partial charge in [-0.2, -0.15) is 0 Å². The van der Waals surface area contributed by atoms with Crippen LogP contribution in [-0.4, -0.2) is 19.3 Å². The van der Waals surface area contributed by atoms with E-state index in [0.29, 0.717) is 13.2 Å². The summed E-state index contributed by atoms with van der Waals surface area (Å²) in [5.74, 6) is 0.848. The van der Waals surface area contributed by atoms with Crippen molar-refractivity contribution in [2.45, 2.75) is 25.5 Å². The lowest BCUT2D eigenvalue weighted by atomic mass is 10.2. The second-order valence-electron chi connectivity index (χ2n) is 3.88. The summed E-state index contributed by atoms with van der Waals surface area (Å²) in [6, 6.07) is 5.91. The summed E-state index contributed by atoms with van der Waals surface area (Å²) in [5.41, 5.74) is 6.69. The molecule has 1 aromatic carbocycles. The number of para-hydroxylation sites is 1. The lowest BCUT2D eigenvalue weighted by molar-refractivity contribution is 0.0673. The van der Waals surface area contributed by atoms with Crippen molar-refractivity contribution >= 4 is 15.9 Å². The van der Waals surface area contributed by atoms with E-state index in [0.717, 1.165) is 35.2 Å². The van der Waals surface area contributed by atoms with Crippen molar-refractivity contribution in [3.8, 4) is 5.75 Å². The van der Waals surface area contributed by atoms with Gasteiger partial charge in [0, 0.05) is 18.7 Å². The van der Waals surface area contributed by atoms with Crippen LogP contribution in [0.25, 0.3) is 0 Å². The summed E-state index contributed by atoms with van der Waals surface area (Å²) >= 11 is 3.48. The largest absolute Gasteiger partial charge is 0.489 e. The van der Waals surface area contributed by atoms with Crippen LogP contribution in [0.2, 0.25) is 0 Å². The molecule has 88 valence electrons. The normalized spacial score (nSPS) is 20.0. The van der Waals surface area contributed by atoms with Crippen LogP contribution in [0, 0.1) is 0 Å². The third kappa shape index (κ3) is 2.75. The van der Waals surface area contributed by atoms with Crippen LogP contribution < -0.4 is 10.5 Å². The quantitative estimate of drug-likeness (QED) is 0.924. The molecule has 2 N–H and O–H groups in total. The average Bonchev–Trinajstić information content (AvgIpc) is 2.80. The Balaban J connectivity index is 2.01. The van der Waals surface area contributed by atoms with Crippen LogP contribution >= 0.6 is 15.9 Å². The number of nitrogens with two attached hydrogens (primary N) is 1. The van der Waals surface area contributed by atoms with Gasteiger partial charge in [0.1, 0.15) is 12.4 Å². The Bertz CT molecular complexity index is 351. The molecule has 2 rings (SSSR count). The molecule has 0 bridgehead atoms. The van der Waals surface area contributed by atoms with Crippen molar-refractivity contribution in [3.63, 3.8) is 0 Å². The Morgan fingerprint density at radius 3 is 3.06 bits per heavy atom. The molecule has 16 heavy (non-hydrogen) atoms. The monoisotopic (exact) mass is 285 g/mol. The molecule has 0 aliphatic carbocycles. The zero-order valence-corrected chi connectivity index (χ0v) is 10.7. The highest BCUT2D eigenvalue weighted by atomic mass is 79.9. The van der Waals surface area contributed by atoms with E-state index in [4.69, 9.17) is 15.2 Å². The Morgan fingerprint density at radius 1 is 1.50 bits per heavy atom. The van der Waals surface area contributed by atoms with Gasteiger partial charge in [-0.05, 0) is 34.8 Å². The van der Waals surface area contributed by atoms with Crippen molar-refractivity contribution in [3.05, 3.63) is 28.2 Å². The standard InChI is InChI=1S/C12H16BrNO2/c13-11-5-1-3-9(7-14)12(11)16-8-10-4-2-6-15-10/h1,3,5,10H,2,4,6-8,14H2. The van der Waals surface area contributed by atoms with E-state index in [2.05, 4.69) is 15.9 Å². The maximum atomic E-state index is 5.79. The summed E-state index contributed by atoms with van der Waals surface area (Å²) in [6.07, 6.45) is 2.45. The van der Waals surface area contributed by atoms with Crippen LogP contribution in [0.4, 0.5) is 0 Å². The van der Waals surface area contributed by atoms with Crippen molar-refractivity contribution in [1.82, 2.24) is 0 Å². The molecule has 0 aromatic heterocycles. The van der Waals surface area contributed by atoms with E-state index in [-0.39, 0.29) is 6.10 Å². The molecule has 1 saturated heterocycles. The molecular formula is C12H16BrNO2. The summed E-state index contributed by atoms with van der Waals surface area (Å²) in [5, 5.41) is 0. The van der Waals surface area contributed by atoms with E-state index < -0.39 is 0 Å². The maximum absolute atomic E-state index is 5.79. The SMILES string of the molecule is NCc1cccc(Br)c1OCC1CCCO1. The molecule has 1 atom stereocenters. The highest BCUT2D eigenvalue weighted by Crippen LogP contribution is 2.29. The number of hydrogen-bond donors (Lipinski definition) is 1. The van der Waals surface area contributed by atoms with Gasteiger partial charge in [-0.15, -0.1) is 0 Å². The minimum atomic E-state index is 0.234. The van der Waals surface area contributed by atoms with Gasteiger partial charge in [0.15, 0.2) is 0 Å². The minimum Gasteiger partial charge on any atom is -0.489 e. The highest BCUT2D eigenvalue weighted by Gasteiger charge is 2.17. The molecule has 1 aliphatic rings. The molecule has 3 nitrogen and oxygen atoms in total. The second kappa shape index (κ2) is 5.66. The average molecular weight is 286 g/mol. The fourth-order valence-corrected chi connectivity index (χ4v) is 2.35. The Morgan fingerprint density at radius 2 is 2.38 bits per heavy atom. The summed E-state index contributed by atoms with van der Waals surface area (Å²) < 4.78 is 12.3. The smallest absolute Gasteiger partial charge is 0.138 e. The Kier molecular flexibility index (Phi) is 4.21. The van der Waals surface area contributed by atoms with E-state index in [1.165, 1.54) is 0 Å². The summed E-state index contributed by atoms with van der Waals surface area (Å²) in [4.78, 5) is 0. The van der Waals surface area contributed by atoms with Gasteiger partial charge in [0.2, 0.25) is 0 Å². The predicted octanol–water partition coefficient (Wildman–Crippen LogP) is 2.47. The fourth-order valence-electron chi connectivity index (χ4n) is 1.83. The minimum absolute atomic E-state index is 0.234. The molecule has 1 aliphatic heterocycles. The number of benzene rings is 1. The molecule has 0 saturated carbocycles. The summed E-state index contributed by atoms with van der Waals surface area (Å²) in [6.45, 7) is 1.95. The first kappa shape index (κ1) is 11.9. The predicted molar refractivity (Wildman–Crippen MR) is 66.5 cm³/mol. The molecule has 4 heteroatoms. The molecule has 1 fully saturated rings. The lowest BCUT2D eigenvalue weighted by Gasteiger charge is -2.15. The van der Waals surface area contributed by atoms with Crippen LogP contribution in [0.1, 0.15) is 18.4 Å². The van der Waals surface area contributed by atoms with E-state index in [1.54, 1.807) is 0 Å². The molecule has 0 radical (unpaired) electrons. The van der Waals surface area contributed by atoms with Gasteiger partial charge in [-0.3, -0.25) is 0 Å². The van der Waals surface area contributed by atoms with Crippen molar-refractivity contribution in [1.29, 1.82) is 0 Å². The first-order valence-corrected chi connectivity index (χ1v) is 6.32. The van der Waals surface area contributed by atoms with Gasteiger partial charge in [-0.1, -0.05) is 12.1 Å². The number of ether oxygens (including phenoxy) is 2. The van der Waals surface area contributed by atoms with Crippen molar-refractivity contribution < 1.29 is 9.47 Å². The van der Waals surface area contributed by atoms with Crippen LogP contribution in [-0.2, 0) is 11.3 Å². The topological polar surface area (TPSA) is 44.5 Å². The highest BCUT2D eigenvalue weighted by molar-refractivity contribution is 9.10. The van der Waals surface area contributed by atoms with E-state index in [1.807, 2.05) is 18.2 Å². The van der Waals surface area contributed by atoms with Crippen LogP contribution in [0.3, 0.4) is 0 Å². The first-order valence-electron chi connectivity index (χ1n) is 5.53. The van der Waals surface area contributed by atoms with Gasteiger partial charge in [0.25, 0.3) is 0 Å². The Hall–Kier alpha value is -0.580. The first-order chi connectivity index (χ1) is 7.81. The molecular weight excluding hydrogens is 270 g/mol. The third-order valence-electron chi connectivity index (χ3n) is 2.71. The third-order valence-corrected chi connectivity index (χ3v) is 3.33. The molecule has 0 spiro atoms. The Labute approximate surface area is 104 Å². The van der Waals surface area contributed by atoms with Crippen molar-refractivity contribution in [2.24, 2.45) is 5.73 Å². The summed E-state index contributed by atoms with van der Waals surface area (Å²) in [7, 11) is 0. The van der Waals surface area contributed by atoms with Gasteiger partial charge in [-0.25, -0.2) is 0 Å². The zero-order chi connectivity index (χ0) is 11.4. The van der Waals surface area contributed by atoms with Gasteiger partial charge < -0.3 is 15.2 Å². The fraction of sp³-hybridized carbons (Fsp3) is 0.500. The zero-order valence-electron chi connectivity index (χ0n) is 9.12. The van der Waals surface area contributed by atoms with Crippen LogP contribution in [0.5, 0.6) is 5.75 Å². The lowest BCUT2D eigenvalue weighted by Crippen LogP contribution is -2.17. The van der Waals surface area contributed by atoms with E-state index in [9.17, 15) is 0 Å². The molecule has 1 heterocycles. The number of rotatable bonds is 4. The molecule has 0 amide bonds. The maximum Gasteiger partial charge on any atom is 0.138 e. The van der Waals surface area contributed by atoms with Gasteiger partial charge in [0.05, 0.1) is 10.6 Å². The van der Waals surface area contributed by atoms with E-state index >= 15 is 0 Å². The second-order valence-corrected chi connectivity index (χ2v) is 4.73. The van der Waals surface area contributed by atoms with Gasteiger partial charge >= 0.3 is 0 Å². The number of hydrogen-bond acceptors (Lipinski definition) is 3. The van der Waals surface area contributed by atoms with Crippen molar-refractivity contribution in [2.75, 3.05) is 13.2 Å². The molecule has 1 aromatic rings.